The van der Waals surface area contributed by atoms with Crippen LogP contribution in [-0.2, 0) is 10.9 Å². The third kappa shape index (κ3) is 4.34. The van der Waals surface area contributed by atoms with Gasteiger partial charge >= 0.3 is 12.3 Å². The van der Waals surface area contributed by atoms with Crippen molar-refractivity contribution < 1.29 is 22.7 Å². The van der Waals surface area contributed by atoms with Crippen molar-refractivity contribution in [1.29, 1.82) is 0 Å². The van der Waals surface area contributed by atoms with Crippen LogP contribution in [0.15, 0.2) is 23.7 Å². The molecule has 1 aromatic rings. The largest absolute Gasteiger partial charge is 0.444 e. The van der Waals surface area contributed by atoms with Gasteiger partial charge in [-0.1, -0.05) is 12.7 Å². The van der Waals surface area contributed by atoms with Gasteiger partial charge in [0.25, 0.3) is 0 Å². The van der Waals surface area contributed by atoms with E-state index < -0.39 is 23.4 Å². The number of aliphatic imine (C=N–C) groups is 1. The Morgan fingerprint density at radius 2 is 1.91 bits per heavy atom. The number of nitrogens with one attached hydrogen (secondary N) is 1. The Hall–Kier alpha value is -2.31. The first kappa shape index (κ1) is 17.7. The van der Waals surface area contributed by atoms with Gasteiger partial charge in [0.15, 0.2) is 0 Å². The highest BCUT2D eigenvalue weighted by atomic mass is 19.4. The monoisotopic (exact) mass is 314 g/mol. The lowest BCUT2D eigenvalue weighted by Gasteiger charge is -2.21. The molecule has 0 aromatic heterocycles. The predicted molar refractivity (Wildman–Crippen MR) is 80.6 cm³/mol. The molecule has 0 fully saturated rings. The van der Waals surface area contributed by atoms with Crippen molar-refractivity contribution in [3.05, 3.63) is 29.8 Å². The molecule has 0 heterocycles. The summed E-state index contributed by atoms with van der Waals surface area (Å²) in [4.78, 5) is 15.3. The van der Waals surface area contributed by atoms with Gasteiger partial charge in [-0.2, -0.15) is 13.2 Å². The molecule has 1 aromatic carbocycles. The molecule has 22 heavy (non-hydrogen) atoms. The third-order valence-corrected chi connectivity index (χ3v) is 2.52. The lowest BCUT2D eigenvalue weighted by atomic mass is 10.0. The van der Waals surface area contributed by atoms with E-state index in [9.17, 15) is 18.0 Å². The number of benzene rings is 1. The minimum absolute atomic E-state index is 0.0622. The van der Waals surface area contributed by atoms with Crippen LogP contribution in [0.4, 0.5) is 29.3 Å². The third-order valence-electron chi connectivity index (χ3n) is 2.52. The maximum absolute atomic E-state index is 12.9. The van der Waals surface area contributed by atoms with Gasteiger partial charge in [0.05, 0.1) is 16.9 Å². The fraction of sp³-hybridized carbons (Fsp3) is 0.333. The molecule has 7 heteroatoms. The van der Waals surface area contributed by atoms with Crippen molar-refractivity contribution in [3.8, 4) is 0 Å². The number of halogens is 3. The van der Waals surface area contributed by atoms with E-state index in [-0.39, 0.29) is 16.9 Å². The second-order valence-electron chi connectivity index (χ2n) is 5.41. The minimum Gasteiger partial charge on any atom is -0.444 e. The summed E-state index contributed by atoms with van der Waals surface area (Å²) in [6.45, 7) is 11.6. The standard InChI is InChI=1S/C15H17F3N2O2/c1-6-9-10(15(16,17)18)7-8-11(12(9)19-5)20-13(21)22-14(2,3)4/h6-8H,1,5H2,2-4H3,(H,20,21). The van der Waals surface area contributed by atoms with Crippen LogP contribution >= 0.6 is 0 Å². The van der Waals surface area contributed by atoms with Crippen LogP contribution in [-0.4, -0.2) is 18.4 Å². The Bertz CT molecular complexity index is 602. The number of carbonyl (C=O) groups excluding carboxylic acids is 1. The van der Waals surface area contributed by atoms with Crippen LogP contribution in [0.2, 0.25) is 0 Å². The summed E-state index contributed by atoms with van der Waals surface area (Å²) >= 11 is 0. The van der Waals surface area contributed by atoms with Crippen molar-refractivity contribution in [1.82, 2.24) is 0 Å². The minimum atomic E-state index is -4.56. The molecule has 0 aliphatic heterocycles. The zero-order valence-electron chi connectivity index (χ0n) is 12.5. The Balaban J connectivity index is 3.26. The molecule has 0 saturated carbocycles. The molecular formula is C15H17F3N2O2. The lowest BCUT2D eigenvalue weighted by Crippen LogP contribution is -2.27. The number of hydrogen-bond acceptors (Lipinski definition) is 3. The van der Waals surface area contributed by atoms with Crippen molar-refractivity contribution in [2.45, 2.75) is 32.5 Å². The van der Waals surface area contributed by atoms with Gasteiger partial charge in [0.1, 0.15) is 5.60 Å². The molecule has 0 aliphatic rings. The van der Waals surface area contributed by atoms with Gasteiger partial charge in [-0.25, -0.2) is 4.79 Å². The molecule has 1 N–H and O–H groups in total. The Kier molecular flexibility index (Phi) is 5.01. The number of hydrogen-bond donors (Lipinski definition) is 1. The average molecular weight is 314 g/mol. The van der Waals surface area contributed by atoms with Crippen LogP contribution in [0.5, 0.6) is 0 Å². The molecule has 0 radical (unpaired) electrons. The predicted octanol–water partition coefficient (Wildman–Crippen LogP) is 5.03. The second kappa shape index (κ2) is 6.21. The SMILES string of the molecule is C=Cc1c(C(F)(F)F)ccc(NC(=O)OC(C)(C)C)c1N=C. The van der Waals surface area contributed by atoms with Crippen LogP contribution in [0, 0.1) is 0 Å². The smallest absolute Gasteiger partial charge is 0.417 e. The molecule has 0 atom stereocenters. The van der Waals surface area contributed by atoms with E-state index in [2.05, 4.69) is 23.6 Å². The van der Waals surface area contributed by atoms with Gasteiger partial charge in [0, 0.05) is 5.56 Å². The summed E-state index contributed by atoms with van der Waals surface area (Å²) in [6, 6.07) is 1.95. The number of carbonyl (C=O) groups is 1. The van der Waals surface area contributed by atoms with Crippen LogP contribution < -0.4 is 5.32 Å². The van der Waals surface area contributed by atoms with E-state index in [1.54, 1.807) is 20.8 Å². The molecular weight excluding hydrogens is 297 g/mol. The van der Waals surface area contributed by atoms with E-state index in [0.717, 1.165) is 18.2 Å². The number of amides is 1. The first-order valence-corrected chi connectivity index (χ1v) is 6.33. The topological polar surface area (TPSA) is 50.7 Å². The zero-order valence-corrected chi connectivity index (χ0v) is 12.5. The van der Waals surface area contributed by atoms with Crippen molar-refractivity contribution >= 4 is 30.3 Å². The van der Waals surface area contributed by atoms with Gasteiger partial charge in [-0.3, -0.25) is 10.3 Å². The van der Waals surface area contributed by atoms with E-state index in [0.29, 0.717) is 0 Å². The van der Waals surface area contributed by atoms with Gasteiger partial charge in [-0.05, 0) is 39.6 Å². The number of alkyl halides is 3. The van der Waals surface area contributed by atoms with Gasteiger partial charge in [0.2, 0.25) is 0 Å². The van der Waals surface area contributed by atoms with E-state index in [1.807, 2.05) is 0 Å². The lowest BCUT2D eigenvalue weighted by molar-refractivity contribution is -0.137. The summed E-state index contributed by atoms with van der Waals surface area (Å²) in [5, 5.41) is 2.36. The maximum atomic E-state index is 12.9. The summed E-state index contributed by atoms with van der Waals surface area (Å²) in [5.74, 6) is 0. The summed E-state index contributed by atoms with van der Waals surface area (Å²) in [5.41, 5.74) is -1.95. The second-order valence-corrected chi connectivity index (χ2v) is 5.41. The van der Waals surface area contributed by atoms with E-state index in [1.165, 1.54) is 0 Å². The fourth-order valence-electron chi connectivity index (χ4n) is 1.75. The molecule has 1 rings (SSSR count). The van der Waals surface area contributed by atoms with Crippen molar-refractivity contribution in [2.24, 2.45) is 4.99 Å². The average Bonchev–Trinajstić information content (AvgIpc) is 2.34. The highest BCUT2D eigenvalue weighted by Crippen LogP contribution is 2.40. The molecule has 0 aliphatic carbocycles. The van der Waals surface area contributed by atoms with Crippen molar-refractivity contribution in [3.63, 3.8) is 0 Å². The van der Waals surface area contributed by atoms with Gasteiger partial charge in [-0.15, -0.1) is 0 Å². The first-order valence-electron chi connectivity index (χ1n) is 6.33. The number of anilines is 1. The summed E-state index contributed by atoms with van der Waals surface area (Å²) in [7, 11) is 0. The quantitative estimate of drug-likeness (QED) is 0.796. The Morgan fingerprint density at radius 1 is 1.32 bits per heavy atom. The van der Waals surface area contributed by atoms with E-state index >= 15 is 0 Å². The molecule has 0 saturated heterocycles. The normalized spacial score (nSPS) is 11.7. The summed E-state index contributed by atoms with van der Waals surface area (Å²) in [6.07, 6.45) is -4.34. The molecule has 4 nitrogen and oxygen atoms in total. The molecule has 0 unspecified atom stereocenters. The summed E-state index contributed by atoms with van der Waals surface area (Å²) < 4.78 is 43.9. The fourth-order valence-corrected chi connectivity index (χ4v) is 1.75. The zero-order chi connectivity index (χ0) is 17.1. The number of rotatable bonds is 3. The molecule has 120 valence electrons. The van der Waals surface area contributed by atoms with Crippen LogP contribution in [0.25, 0.3) is 6.08 Å². The number of nitrogens with zero attached hydrogens (tertiary/aromatic N) is 1. The number of ether oxygens (including phenoxy) is 1. The van der Waals surface area contributed by atoms with Crippen LogP contribution in [0.1, 0.15) is 31.9 Å². The highest BCUT2D eigenvalue weighted by Gasteiger charge is 2.34. The Labute approximate surface area is 126 Å². The van der Waals surface area contributed by atoms with Crippen molar-refractivity contribution in [2.75, 3.05) is 5.32 Å². The first-order chi connectivity index (χ1) is 9.99. The molecule has 1 amide bonds. The highest BCUT2D eigenvalue weighted by molar-refractivity contribution is 5.92. The Morgan fingerprint density at radius 3 is 2.32 bits per heavy atom. The van der Waals surface area contributed by atoms with E-state index in [4.69, 9.17) is 4.74 Å². The maximum Gasteiger partial charge on any atom is 0.417 e. The van der Waals surface area contributed by atoms with Crippen LogP contribution in [0.3, 0.4) is 0 Å². The molecule has 0 spiro atoms. The molecule has 0 bridgehead atoms. The van der Waals surface area contributed by atoms with Gasteiger partial charge < -0.3 is 4.74 Å².